The Morgan fingerprint density at radius 1 is 1.32 bits per heavy atom. The number of ether oxygens (including phenoxy) is 1. The zero-order valence-electron chi connectivity index (χ0n) is 15.3. The first-order chi connectivity index (χ1) is 12.2. The van der Waals surface area contributed by atoms with Gasteiger partial charge < -0.3 is 4.74 Å². The van der Waals surface area contributed by atoms with E-state index in [0.29, 0.717) is 12.6 Å². The molecule has 2 aromatic rings. The number of guanidine groups is 1. The van der Waals surface area contributed by atoms with Crippen LogP contribution in [-0.4, -0.2) is 42.4 Å². The van der Waals surface area contributed by atoms with E-state index in [9.17, 15) is 0 Å². The number of unbranched alkanes of at least 4 members (excludes halogenated alkanes) is 1. The van der Waals surface area contributed by atoms with Gasteiger partial charge >= 0.3 is 5.96 Å². The molecule has 2 heterocycles. The number of aryl methyl sites for hydroxylation is 1. The lowest BCUT2D eigenvalue weighted by atomic mass is 10.2. The average Bonchev–Trinajstić information content (AvgIpc) is 2.62. The van der Waals surface area contributed by atoms with E-state index in [1.807, 2.05) is 32.0 Å². The highest BCUT2D eigenvalue weighted by molar-refractivity contribution is 5.89. The van der Waals surface area contributed by atoms with Crippen LogP contribution in [-0.2, 0) is 0 Å². The number of hydrogen-bond acceptors (Lipinski definition) is 5. The van der Waals surface area contributed by atoms with Crippen molar-refractivity contribution in [2.75, 3.05) is 31.8 Å². The minimum Gasteiger partial charge on any atom is -0.494 e. The van der Waals surface area contributed by atoms with Gasteiger partial charge in [0.05, 0.1) is 24.4 Å². The summed E-state index contributed by atoms with van der Waals surface area (Å²) in [6, 6.07) is 5.92. The molecule has 1 unspecified atom stereocenters. The first-order valence-electron chi connectivity index (χ1n) is 9.06. The van der Waals surface area contributed by atoms with Gasteiger partial charge in [0.2, 0.25) is 0 Å². The molecule has 0 saturated heterocycles. The van der Waals surface area contributed by atoms with E-state index >= 15 is 0 Å². The van der Waals surface area contributed by atoms with Crippen molar-refractivity contribution in [3.63, 3.8) is 0 Å². The molecule has 0 bridgehead atoms. The lowest BCUT2D eigenvalue weighted by molar-refractivity contribution is -0.980. The van der Waals surface area contributed by atoms with Crippen LogP contribution in [0.5, 0.6) is 5.75 Å². The van der Waals surface area contributed by atoms with Gasteiger partial charge in [-0.15, -0.1) is 0 Å². The second-order valence-corrected chi connectivity index (χ2v) is 6.31. The maximum absolute atomic E-state index is 5.56. The maximum atomic E-state index is 5.56. The van der Waals surface area contributed by atoms with Crippen LogP contribution in [0.3, 0.4) is 0 Å². The predicted octanol–water partition coefficient (Wildman–Crippen LogP) is -0.611. The maximum Gasteiger partial charge on any atom is 0.359 e. The summed E-state index contributed by atoms with van der Waals surface area (Å²) in [7, 11) is 0. The van der Waals surface area contributed by atoms with Crippen molar-refractivity contribution in [2.45, 2.75) is 33.6 Å². The molecule has 0 saturated carbocycles. The monoisotopic (exact) mass is 344 g/mol. The Bertz CT molecular complexity index is 761. The molecule has 134 valence electrons. The molecule has 7 heteroatoms. The largest absolute Gasteiger partial charge is 0.494 e. The normalized spacial score (nSPS) is 17.1. The van der Waals surface area contributed by atoms with Gasteiger partial charge in [0.15, 0.2) is 13.3 Å². The van der Waals surface area contributed by atoms with Gasteiger partial charge in [0.25, 0.3) is 5.95 Å². The summed E-state index contributed by atoms with van der Waals surface area (Å²) in [5.74, 6) is 2.31. The molecule has 0 radical (unpaired) electrons. The van der Waals surface area contributed by atoms with Crippen LogP contribution in [0.1, 0.15) is 32.4 Å². The van der Waals surface area contributed by atoms with E-state index in [1.54, 1.807) is 0 Å². The number of quaternary nitrogens is 1. The molecule has 4 N–H and O–H groups in total. The van der Waals surface area contributed by atoms with Crippen LogP contribution in [0.15, 0.2) is 18.2 Å². The van der Waals surface area contributed by atoms with Gasteiger partial charge in [-0.3, -0.25) is 4.90 Å². The Hall–Kier alpha value is -2.41. The smallest absolute Gasteiger partial charge is 0.359 e. The lowest BCUT2D eigenvalue weighted by Crippen LogP contribution is -3.24. The van der Waals surface area contributed by atoms with Crippen LogP contribution < -0.4 is 25.3 Å². The molecule has 0 spiro atoms. The Balaban J connectivity index is 1.72. The molecule has 0 aliphatic carbocycles. The van der Waals surface area contributed by atoms with E-state index in [1.165, 1.54) is 24.3 Å². The zero-order valence-corrected chi connectivity index (χ0v) is 15.3. The molecule has 0 fully saturated rings. The third-order valence-corrected chi connectivity index (χ3v) is 4.32. The molecule has 7 nitrogen and oxygen atoms in total. The standard InChI is InChI=1S/C18H26N6O/c1-4-6-9-24-11-19-17(20-12-24)23-18-21-13(3)15-10-14(25-5-2)7-8-16(15)22-18/h7-8,10H,4-6,9,11-12H2,1-3H3,(H2,19,20,21,22,23)/p+2. The molecular weight excluding hydrogens is 316 g/mol. The van der Waals surface area contributed by atoms with Crippen LogP contribution in [0, 0.1) is 6.92 Å². The number of nitrogens with zero attached hydrogens (tertiary/aromatic N) is 2. The lowest BCUT2D eigenvalue weighted by Gasteiger charge is -2.20. The van der Waals surface area contributed by atoms with Crippen molar-refractivity contribution < 1.29 is 14.6 Å². The summed E-state index contributed by atoms with van der Waals surface area (Å²) in [5.41, 5.74) is 1.84. The van der Waals surface area contributed by atoms with E-state index in [0.717, 1.165) is 41.6 Å². The average molecular weight is 344 g/mol. The van der Waals surface area contributed by atoms with Gasteiger partial charge in [-0.05, 0) is 38.5 Å². The fourth-order valence-electron chi connectivity index (χ4n) is 2.93. The molecule has 3 rings (SSSR count). The molecule has 25 heavy (non-hydrogen) atoms. The molecule has 1 atom stereocenters. The molecule has 1 aromatic heterocycles. The highest BCUT2D eigenvalue weighted by Crippen LogP contribution is 2.22. The van der Waals surface area contributed by atoms with Crippen LogP contribution in [0.2, 0.25) is 0 Å². The fourth-order valence-corrected chi connectivity index (χ4v) is 2.93. The van der Waals surface area contributed by atoms with Crippen molar-refractivity contribution in [1.29, 1.82) is 0 Å². The Labute approximate surface area is 148 Å². The van der Waals surface area contributed by atoms with Crippen molar-refractivity contribution in [3.05, 3.63) is 23.9 Å². The van der Waals surface area contributed by atoms with Crippen LogP contribution in [0.4, 0.5) is 5.95 Å². The fraction of sp³-hybridized carbons (Fsp3) is 0.500. The van der Waals surface area contributed by atoms with E-state index in [4.69, 9.17) is 4.74 Å². The summed E-state index contributed by atoms with van der Waals surface area (Å²) < 4.78 is 5.56. The van der Waals surface area contributed by atoms with Gasteiger partial charge in [-0.1, -0.05) is 13.3 Å². The van der Waals surface area contributed by atoms with E-state index in [-0.39, 0.29) is 0 Å². The zero-order chi connectivity index (χ0) is 17.6. The minimum atomic E-state index is 0.598. The van der Waals surface area contributed by atoms with Gasteiger partial charge in [-0.2, -0.15) is 4.98 Å². The second kappa shape index (κ2) is 8.11. The Morgan fingerprint density at radius 3 is 2.92 bits per heavy atom. The Morgan fingerprint density at radius 2 is 2.20 bits per heavy atom. The van der Waals surface area contributed by atoms with Gasteiger partial charge in [0.1, 0.15) is 5.75 Å². The van der Waals surface area contributed by atoms with E-state index in [2.05, 4.69) is 32.5 Å². The first-order valence-corrected chi connectivity index (χ1v) is 9.06. The van der Waals surface area contributed by atoms with Gasteiger partial charge in [0, 0.05) is 5.39 Å². The van der Waals surface area contributed by atoms with Crippen LogP contribution in [0.25, 0.3) is 10.9 Å². The van der Waals surface area contributed by atoms with Crippen molar-refractivity contribution >= 4 is 22.8 Å². The van der Waals surface area contributed by atoms with Crippen molar-refractivity contribution in [2.24, 2.45) is 0 Å². The number of hydrogen-bond donors (Lipinski definition) is 4. The number of nitrogens with one attached hydrogen (secondary N) is 4. The first kappa shape index (κ1) is 17.4. The van der Waals surface area contributed by atoms with Crippen molar-refractivity contribution in [3.8, 4) is 5.75 Å². The van der Waals surface area contributed by atoms with Gasteiger partial charge in [-0.25, -0.2) is 20.6 Å². The second-order valence-electron chi connectivity index (χ2n) is 6.31. The summed E-state index contributed by atoms with van der Waals surface area (Å²) in [6.07, 6.45) is 2.48. The topological polar surface area (TPSA) is 77.5 Å². The highest BCUT2D eigenvalue weighted by Gasteiger charge is 2.20. The third kappa shape index (κ3) is 4.36. The molecule has 1 aliphatic rings. The Kier molecular flexibility index (Phi) is 5.65. The van der Waals surface area contributed by atoms with E-state index < -0.39 is 0 Å². The molecule has 1 aliphatic heterocycles. The molecule has 1 aromatic carbocycles. The number of rotatable bonds is 6. The molecular formula is C18H28N6O+2. The summed E-state index contributed by atoms with van der Waals surface area (Å²) in [5, 5.41) is 7.65. The SMILES string of the molecule is CCCC[NH+]1CNC(Nc2nc(C)c3cc(OCC)ccc3n2)=[NH+]C1. The summed E-state index contributed by atoms with van der Waals surface area (Å²) in [4.78, 5) is 14.1. The summed E-state index contributed by atoms with van der Waals surface area (Å²) in [6.45, 7) is 9.83. The number of benzene rings is 1. The number of fused-ring (bicyclic) bond motifs is 1. The van der Waals surface area contributed by atoms with Crippen molar-refractivity contribution in [1.82, 2.24) is 15.3 Å². The molecule has 0 amide bonds. The number of aromatic nitrogens is 2. The summed E-state index contributed by atoms with van der Waals surface area (Å²) >= 11 is 0. The number of anilines is 1. The quantitative estimate of drug-likeness (QED) is 0.562. The predicted molar refractivity (Wildman–Crippen MR) is 98.6 cm³/mol. The third-order valence-electron chi connectivity index (χ3n) is 4.32. The minimum absolute atomic E-state index is 0.598. The highest BCUT2D eigenvalue weighted by atomic mass is 16.5. The van der Waals surface area contributed by atoms with Crippen LogP contribution >= 0.6 is 0 Å².